The summed E-state index contributed by atoms with van der Waals surface area (Å²) < 4.78 is 1.07. The van der Waals surface area contributed by atoms with Gasteiger partial charge in [-0.15, -0.1) is 0 Å². The fourth-order valence-electron chi connectivity index (χ4n) is 2.33. The van der Waals surface area contributed by atoms with Gasteiger partial charge in [-0.25, -0.2) is 4.98 Å². The van der Waals surface area contributed by atoms with Gasteiger partial charge in [0, 0.05) is 22.2 Å². The van der Waals surface area contributed by atoms with Crippen LogP contribution in [0.25, 0.3) is 11.3 Å². The van der Waals surface area contributed by atoms with Gasteiger partial charge < -0.3 is 4.98 Å². The second-order valence-electron chi connectivity index (χ2n) is 5.09. The van der Waals surface area contributed by atoms with E-state index in [2.05, 4.69) is 33.0 Å². The van der Waals surface area contributed by atoms with Gasteiger partial charge in [-0.2, -0.15) is 0 Å². The molecule has 0 spiro atoms. The first-order chi connectivity index (χ1) is 10.5. The van der Waals surface area contributed by atoms with Crippen molar-refractivity contribution in [2.24, 2.45) is 0 Å². The van der Waals surface area contributed by atoms with E-state index in [9.17, 15) is 0 Å². The third-order valence-corrected chi connectivity index (χ3v) is 4.68. The van der Waals surface area contributed by atoms with Gasteiger partial charge in [-0.3, -0.25) is 0 Å². The SMILES string of the molecule is Cc1[nH]c(Cc2ccc(Br)cc2)nc1-c1ccc(Cl)c(Cl)c1. The minimum Gasteiger partial charge on any atom is -0.345 e. The van der Waals surface area contributed by atoms with Crippen molar-refractivity contribution < 1.29 is 0 Å². The summed E-state index contributed by atoms with van der Waals surface area (Å²) in [6.07, 6.45) is 0.759. The Morgan fingerprint density at radius 2 is 1.77 bits per heavy atom. The van der Waals surface area contributed by atoms with E-state index in [4.69, 9.17) is 28.2 Å². The maximum absolute atomic E-state index is 6.09. The molecule has 0 saturated heterocycles. The number of nitrogens with zero attached hydrogens (tertiary/aromatic N) is 1. The minimum atomic E-state index is 0.538. The zero-order valence-corrected chi connectivity index (χ0v) is 14.9. The lowest BCUT2D eigenvalue weighted by Gasteiger charge is -2.01. The van der Waals surface area contributed by atoms with Crippen LogP contribution in [0.5, 0.6) is 0 Å². The number of imidazole rings is 1. The smallest absolute Gasteiger partial charge is 0.111 e. The van der Waals surface area contributed by atoms with E-state index < -0.39 is 0 Å². The van der Waals surface area contributed by atoms with Gasteiger partial charge in [-0.1, -0.05) is 57.3 Å². The molecule has 0 saturated carbocycles. The summed E-state index contributed by atoms with van der Waals surface area (Å²) in [5.41, 5.74) is 4.10. The van der Waals surface area contributed by atoms with E-state index in [0.717, 1.165) is 33.7 Å². The van der Waals surface area contributed by atoms with Crippen molar-refractivity contribution in [1.29, 1.82) is 0 Å². The molecule has 0 aliphatic heterocycles. The van der Waals surface area contributed by atoms with Crippen LogP contribution in [0.1, 0.15) is 17.1 Å². The van der Waals surface area contributed by atoms with E-state index >= 15 is 0 Å². The normalized spacial score (nSPS) is 10.9. The predicted octanol–water partition coefficient (Wildman–Crippen LogP) is 6.05. The molecule has 0 fully saturated rings. The summed E-state index contributed by atoms with van der Waals surface area (Å²) in [6.45, 7) is 2.01. The molecule has 0 atom stereocenters. The summed E-state index contributed by atoms with van der Waals surface area (Å²) in [7, 11) is 0. The summed E-state index contributed by atoms with van der Waals surface area (Å²) in [5.74, 6) is 0.931. The molecule has 0 bridgehead atoms. The van der Waals surface area contributed by atoms with Crippen molar-refractivity contribution in [3.05, 3.63) is 74.1 Å². The molecule has 5 heteroatoms. The topological polar surface area (TPSA) is 28.7 Å². The number of hydrogen-bond acceptors (Lipinski definition) is 1. The summed E-state index contributed by atoms with van der Waals surface area (Å²) >= 11 is 15.5. The van der Waals surface area contributed by atoms with Crippen LogP contribution in [-0.2, 0) is 6.42 Å². The lowest BCUT2D eigenvalue weighted by Crippen LogP contribution is -1.90. The van der Waals surface area contributed by atoms with Crippen LogP contribution >= 0.6 is 39.1 Å². The molecule has 2 aromatic carbocycles. The van der Waals surface area contributed by atoms with Gasteiger partial charge in [-0.05, 0) is 36.8 Å². The van der Waals surface area contributed by atoms with Gasteiger partial charge >= 0.3 is 0 Å². The van der Waals surface area contributed by atoms with Crippen LogP contribution in [0, 0.1) is 6.92 Å². The van der Waals surface area contributed by atoms with Gasteiger partial charge in [0.25, 0.3) is 0 Å². The Balaban J connectivity index is 1.90. The first kappa shape index (κ1) is 15.6. The van der Waals surface area contributed by atoms with Crippen molar-refractivity contribution in [2.75, 3.05) is 0 Å². The first-order valence-electron chi connectivity index (χ1n) is 6.78. The van der Waals surface area contributed by atoms with Crippen molar-refractivity contribution in [3.8, 4) is 11.3 Å². The summed E-state index contributed by atoms with van der Waals surface area (Å²) in [5, 5.41) is 1.09. The standard InChI is InChI=1S/C17H13BrCl2N2/c1-10-17(12-4-7-14(19)15(20)9-12)22-16(21-10)8-11-2-5-13(18)6-3-11/h2-7,9H,8H2,1H3,(H,21,22). The Morgan fingerprint density at radius 3 is 2.45 bits per heavy atom. The first-order valence-corrected chi connectivity index (χ1v) is 8.33. The molecule has 0 unspecified atom stereocenters. The Labute approximate surface area is 147 Å². The predicted molar refractivity (Wildman–Crippen MR) is 95.7 cm³/mol. The average Bonchev–Trinajstić information content (AvgIpc) is 2.85. The van der Waals surface area contributed by atoms with E-state index in [-0.39, 0.29) is 0 Å². The van der Waals surface area contributed by atoms with E-state index in [1.54, 1.807) is 6.07 Å². The molecular formula is C17H13BrCl2N2. The Hall–Kier alpha value is -1.29. The third kappa shape index (κ3) is 3.37. The van der Waals surface area contributed by atoms with Crippen LogP contribution in [0.3, 0.4) is 0 Å². The number of aromatic amines is 1. The molecule has 0 amide bonds. The highest BCUT2D eigenvalue weighted by molar-refractivity contribution is 9.10. The zero-order chi connectivity index (χ0) is 15.7. The molecule has 1 aromatic heterocycles. The fourth-order valence-corrected chi connectivity index (χ4v) is 2.89. The Morgan fingerprint density at radius 1 is 1.05 bits per heavy atom. The summed E-state index contributed by atoms with van der Waals surface area (Å²) in [6, 6.07) is 13.8. The number of aromatic nitrogens is 2. The van der Waals surface area contributed by atoms with Gasteiger partial charge in [0.15, 0.2) is 0 Å². The van der Waals surface area contributed by atoms with Crippen molar-refractivity contribution in [2.45, 2.75) is 13.3 Å². The molecule has 3 rings (SSSR count). The molecule has 1 heterocycles. The minimum absolute atomic E-state index is 0.538. The largest absolute Gasteiger partial charge is 0.345 e. The molecule has 1 N–H and O–H groups in total. The highest BCUT2D eigenvalue weighted by Crippen LogP contribution is 2.29. The fraction of sp³-hybridized carbons (Fsp3) is 0.118. The van der Waals surface area contributed by atoms with Crippen molar-refractivity contribution in [3.63, 3.8) is 0 Å². The number of benzene rings is 2. The lowest BCUT2D eigenvalue weighted by molar-refractivity contribution is 1.02. The number of aryl methyl sites for hydroxylation is 1. The number of rotatable bonds is 3. The molecule has 112 valence electrons. The van der Waals surface area contributed by atoms with E-state index in [0.29, 0.717) is 10.0 Å². The highest BCUT2D eigenvalue weighted by atomic mass is 79.9. The number of H-pyrrole nitrogens is 1. The molecule has 0 aliphatic rings. The maximum Gasteiger partial charge on any atom is 0.111 e. The second-order valence-corrected chi connectivity index (χ2v) is 6.82. The summed E-state index contributed by atoms with van der Waals surface area (Å²) in [4.78, 5) is 8.04. The quantitative estimate of drug-likeness (QED) is 0.574. The molecule has 0 radical (unpaired) electrons. The van der Waals surface area contributed by atoms with Crippen LogP contribution < -0.4 is 0 Å². The van der Waals surface area contributed by atoms with Crippen molar-refractivity contribution in [1.82, 2.24) is 9.97 Å². The number of hydrogen-bond donors (Lipinski definition) is 1. The maximum atomic E-state index is 6.09. The monoisotopic (exact) mass is 394 g/mol. The van der Waals surface area contributed by atoms with Crippen molar-refractivity contribution >= 4 is 39.1 Å². The van der Waals surface area contributed by atoms with Gasteiger partial charge in [0.2, 0.25) is 0 Å². The second kappa shape index (κ2) is 6.45. The van der Waals surface area contributed by atoms with Gasteiger partial charge in [0.1, 0.15) is 5.82 Å². The molecule has 22 heavy (non-hydrogen) atoms. The highest BCUT2D eigenvalue weighted by Gasteiger charge is 2.11. The molecule has 3 aromatic rings. The Bertz CT molecular complexity index is 810. The van der Waals surface area contributed by atoms with E-state index in [1.165, 1.54) is 5.56 Å². The van der Waals surface area contributed by atoms with Crippen LogP contribution in [-0.4, -0.2) is 9.97 Å². The average molecular weight is 396 g/mol. The molecular weight excluding hydrogens is 383 g/mol. The molecule has 2 nitrogen and oxygen atoms in total. The van der Waals surface area contributed by atoms with E-state index in [1.807, 2.05) is 31.2 Å². The van der Waals surface area contributed by atoms with Crippen LogP contribution in [0.2, 0.25) is 10.0 Å². The van der Waals surface area contributed by atoms with Crippen LogP contribution in [0.15, 0.2) is 46.9 Å². The number of halogens is 3. The molecule has 0 aliphatic carbocycles. The zero-order valence-electron chi connectivity index (χ0n) is 11.8. The third-order valence-electron chi connectivity index (χ3n) is 3.41. The number of nitrogens with one attached hydrogen (secondary N) is 1. The van der Waals surface area contributed by atoms with Crippen LogP contribution in [0.4, 0.5) is 0 Å². The lowest BCUT2D eigenvalue weighted by atomic mass is 10.1. The Kier molecular flexibility index (Phi) is 4.57. The van der Waals surface area contributed by atoms with Gasteiger partial charge in [0.05, 0.1) is 15.7 Å².